The summed E-state index contributed by atoms with van der Waals surface area (Å²) in [6, 6.07) is 24.5. The number of hydrogen-bond acceptors (Lipinski definition) is 11. The van der Waals surface area contributed by atoms with Crippen LogP contribution in [0.4, 0.5) is 5.82 Å². The van der Waals surface area contributed by atoms with Gasteiger partial charge in [0.1, 0.15) is 23.9 Å². The molecule has 1 aliphatic heterocycles. The minimum absolute atomic E-state index is 0.126. The zero-order chi connectivity index (χ0) is 30.6. The van der Waals surface area contributed by atoms with Crippen LogP contribution >= 0.6 is 0 Å². The zero-order valence-corrected chi connectivity index (χ0v) is 22.9. The molecule has 6 rings (SSSR count). The summed E-state index contributed by atoms with van der Waals surface area (Å²) in [7, 11) is 0. The minimum atomic E-state index is -1.41. The highest BCUT2D eigenvalue weighted by atomic mass is 16.7. The van der Waals surface area contributed by atoms with Crippen LogP contribution in [0.15, 0.2) is 102 Å². The lowest BCUT2D eigenvalue weighted by Gasteiger charge is -2.25. The molecular weight excluding hydrogens is 570 g/mol. The van der Waals surface area contributed by atoms with Crippen molar-refractivity contribution in [3.05, 3.63) is 124 Å². The molecule has 5 aromatic rings. The van der Waals surface area contributed by atoms with Crippen molar-refractivity contribution in [3.8, 4) is 0 Å². The third-order valence-corrected chi connectivity index (χ3v) is 6.96. The molecular formula is C31H25N5O8. The van der Waals surface area contributed by atoms with Crippen LogP contribution in [0.25, 0.3) is 11.2 Å². The molecule has 3 aromatic carbocycles. The van der Waals surface area contributed by atoms with Gasteiger partial charge >= 0.3 is 23.6 Å². The molecule has 13 nitrogen and oxygen atoms in total. The van der Waals surface area contributed by atoms with Crippen molar-refractivity contribution in [3.63, 3.8) is 0 Å². The maximum Gasteiger partial charge on any atom is 0.353 e. The van der Waals surface area contributed by atoms with Gasteiger partial charge in [0, 0.05) is 0 Å². The Morgan fingerprint density at radius 2 is 1.32 bits per heavy atom. The maximum atomic E-state index is 13.3. The summed E-state index contributed by atoms with van der Waals surface area (Å²) in [5.74, 6) is -2.32. The number of aromatic amines is 1. The highest BCUT2D eigenvalue weighted by Crippen LogP contribution is 2.36. The number of carbonyl (C=O) groups is 3. The number of nitrogen functional groups attached to an aromatic ring is 1. The van der Waals surface area contributed by atoms with E-state index in [0.717, 1.165) is 4.57 Å². The van der Waals surface area contributed by atoms with Crippen molar-refractivity contribution < 1.29 is 33.3 Å². The van der Waals surface area contributed by atoms with Gasteiger partial charge in [0.2, 0.25) is 0 Å². The number of anilines is 1. The fourth-order valence-electron chi connectivity index (χ4n) is 4.87. The molecule has 44 heavy (non-hydrogen) atoms. The fraction of sp³-hybridized carbons (Fsp3) is 0.161. The third-order valence-electron chi connectivity index (χ3n) is 6.96. The van der Waals surface area contributed by atoms with E-state index in [2.05, 4.69) is 15.0 Å². The van der Waals surface area contributed by atoms with Gasteiger partial charge in [-0.05, 0) is 36.4 Å². The molecule has 3 heterocycles. The zero-order valence-electron chi connectivity index (χ0n) is 22.9. The van der Waals surface area contributed by atoms with E-state index in [0.29, 0.717) is 0 Å². The number of H-pyrrole nitrogens is 1. The van der Waals surface area contributed by atoms with E-state index < -0.39 is 54.7 Å². The predicted octanol–water partition coefficient (Wildman–Crippen LogP) is 2.91. The Labute approximate surface area is 249 Å². The van der Waals surface area contributed by atoms with E-state index in [1.165, 1.54) is 6.33 Å². The molecule has 13 heteroatoms. The van der Waals surface area contributed by atoms with Crippen molar-refractivity contribution in [2.75, 3.05) is 12.3 Å². The number of nitrogens with zero attached hydrogens (tertiary/aromatic N) is 3. The van der Waals surface area contributed by atoms with Crippen LogP contribution in [0, 0.1) is 0 Å². The van der Waals surface area contributed by atoms with Crippen LogP contribution in [-0.4, -0.2) is 62.3 Å². The largest absolute Gasteiger partial charge is 0.459 e. The Morgan fingerprint density at radius 1 is 0.795 bits per heavy atom. The molecule has 1 saturated heterocycles. The second kappa shape index (κ2) is 12.2. The highest BCUT2D eigenvalue weighted by molar-refractivity contribution is 5.91. The second-order valence-corrected chi connectivity index (χ2v) is 9.75. The van der Waals surface area contributed by atoms with Gasteiger partial charge in [-0.2, -0.15) is 4.98 Å². The standard InChI is InChI=1S/C31H25N5O8/c32-25-22-26(34-17-33-22)36(31(40)35-25)27-24(44-30(39)20-14-8-3-9-15-20)23(43-29(38)19-12-6-2-7-13-19)21(42-27)16-41-28(37)18-10-4-1-5-11-18/h1-15,17,21,23-24,27H,16H2,(H,33,34)(H2,32,35,40)/t21-,23-,24-,27-/m1/s1. The Balaban J connectivity index is 1.41. The number of aromatic nitrogens is 4. The Hall–Kier alpha value is -5.82. The smallest absolute Gasteiger partial charge is 0.353 e. The summed E-state index contributed by atoms with van der Waals surface area (Å²) >= 11 is 0. The van der Waals surface area contributed by atoms with Crippen LogP contribution in [-0.2, 0) is 18.9 Å². The molecule has 0 unspecified atom stereocenters. The van der Waals surface area contributed by atoms with Crippen LogP contribution in [0.1, 0.15) is 37.3 Å². The van der Waals surface area contributed by atoms with E-state index in [1.807, 2.05) is 0 Å². The lowest BCUT2D eigenvalue weighted by Crippen LogP contribution is -2.42. The number of rotatable bonds is 8. The van der Waals surface area contributed by atoms with Gasteiger partial charge in [-0.25, -0.2) is 28.7 Å². The molecule has 4 atom stereocenters. The van der Waals surface area contributed by atoms with Crippen LogP contribution in [0.5, 0.6) is 0 Å². The predicted molar refractivity (Wildman–Crippen MR) is 154 cm³/mol. The van der Waals surface area contributed by atoms with Gasteiger partial charge in [0.25, 0.3) is 0 Å². The molecule has 1 aliphatic rings. The van der Waals surface area contributed by atoms with E-state index in [-0.39, 0.29) is 33.7 Å². The number of fused-ring (bicyclic) bond motifs is 1. The molecule has 1 fully saturated rings. The Bertz CT molecular complexity index is 1860. The number of imidazole rings is 1. The fourth-order valence-corrected chi connectivity index (χ4v) is 4.87. The lowest BCUT2D eigenvalue weighted by molar-refractivity contribution is -0.0622. The van der Waals surface area contributed by atoms with Crippen molar-refractivity contribution in [1.82, 2.24) is 19.5 Å². The quantitative estimate of drug-likeness (QED) is 0.199. The van der Waals surface area contributed by atoms with Crippen LogP contribution in [0.2, 0.25) is 0 Å². The number of benzene rings is 3. The number of esters is 3. The van der Waals surface area contributed by atoms with Gasteiger partial charge in [0.05, 0.1) is 23.0 Å². The lowest BCUT2D eigenvalue weighted by atomic mass is 10.1. The topological polar surface area (TPSA) is 178 Å². The monoisotopic (exact) mass is 595 g/mol. The van der Waals surface area contributed by atoms with Crippen molar-refractivity contribution in [2.24, 2.45) is 0 Å². The van der Waals surface area contributed by atoms with Crippen molar-refractivity contribution >= 4 is 34.9 Å². The van der Waals surface area contributed by atoms with E-state index in [9.17, 15) is 19.2 Å². The Morgan fingerprint density at radius 3 is 1.89 bits per heavy atom. The van der Waals surface area contributed by atoms with Gasteiger partial charge in [0.15, 0.2) is 24.3 Å². The summed E-state index contributed by atoms with van der Waals surface area (Å²) in [4.78, 5) is 63.5. The minimum Gasteiger partial charge on any atom is -0.459 e. The highest BCUT2D eigenvalue weighted by Gasteiger charge is 2.52. The van der Waals surface area contributed by atoms with Crippen molar-refractivity contribution in [1.29, 1.82) is 0 Å². The average molecular weight is 596 g/mol. The van der Waals surface area contributed by atoms with E-state index in [1.54, 1.807) is 91.0 Å². The number of nitrogens with two attached hydrogens (primary N) is 1. The summed E-state index contributed by atoms with van der Waals surface area (Å²) in [5.41, 5.74) is 6.07. The summed E-state index contributed by atoms with van der Waals surface area (Å²) in [5, 5.41) is 0. The molecule has 0 amide bonds. The number of hydrogen-bond donors (Lipinski definition) is 2. The Kier molecular flexibility index (Phi) is 7.84. The van der Waals surface area contributed by atoms with Gasteiger partial charge in [-0.3, -0.25) is 0 Å². The van der Waals surface area contributed by atoms with Gasteiger partial charge in [-0.1, -0.05) is 54.6 Å². The van der Waals surface area contributed by atoms with E-state index in [4.69, 9.17) is 24.7 Å². The normalized spacial score (nSPS) is 19.4. The third kappa shape index (κ3) is 5.63. The number of ether oxygens (including phenoxy) is 4. The molecule has 0 bridgehead atoms. The molecule has 0 aliphatic carbocycles. The SMILES string of the molecule is Nc1nc(=O)n([C@@H]2O[C@H](COC(=O)c3ccccc3)[C@@H](OC(=O)c3ccccc3)[C@H]2OC(=O)c2ccccc2)c2[nH]cnc12. The molecule has 0 radical (unpaired) electrons. The van der Waals surface area contributed by atoms with Crippen molar-refractivity contribution in [2.45, 2.75) is 24.5 Å². The first-order valence-electron chi connectivity index (χ1n) is 13.5. The van der Waals surface area contributed by atoms with Crippen LogP contribution in [0.3, 0.4) is 0 Å². The summed E-state index contributed by atoms with van der Waals surface area (Å²) in [6.07, 6.45) is -4.03. The molecule has 2 aromatic heterocycles. The first kappa shape index (κ1) is 28.3. The first-order chi connectivity index (χ1) is 21.4. The molecule has 0 saturated carbocycles. The summed E-state index contributed by atoms with van der Waals surface area (Å²) < 4.78 is 24.6. The average Bonchev–Trinajstić information content (AvgIpc) is 3.67. The van der Waals surface area contributed by atoms with Gasteiger partial charge in [-0.15, -0.1) is 0 Å². The first-order valence-corrected chi connectivity index (χ1v) is 13.5. The van der Waals surface area contributed by atoms with E-state index >= 15 is 0 Å². The van der Waals surface area contributed by atoms with Gasteiger partial charge < -0.3 is 29.7 Å². The molecule has 0 spiro atoms. The maximum absolute atomic E-state index is 13.3. The van der Waals surface area contributed by atoms with Crippen LogP contribution < -0.4 is 11.4 Å². The summed E-state index contributed by atoms with van der Waals surface area (Å²) in [6.45, 7) is -0.417. The second-order valence-electron chi connectivity index (χ2n) is 9.75. The number of carbonyl (C=O) groups excluding carboxylic acids is 3. The molecule has 3 N–H and O–H groups in total. The molecule has 222 valence electrons. The number of nitrogens with one attached hydrogen (secondary N) is 1.